The van der Waals surface area contributed by atoms with Crippen LogP contribution >= 0.6 is 0 Å². The minimum Gasteiger partial charge on any atom is -0.377 e. The highest BCUT2D eigenvalue weighted by Gasteiger charge is 2.65. The number of guanidine groups is 1. The molecule has 4 nitrogen and oxygen atoms in total. The Morgan fingerprint density at radius 1 is 1.31 bits per heavy atom. The lowest BCUT2D eigenvalue weighted by molar-refractivity contribution is -0.125. The Kier molecular flexibility index (Phi) is 4.86. The van der Waals surface area contributed by atoms with Gasteiger partial charge in [0, 0.05) is 37.6 Å². The van der Waals surface area contributed by atoms with Crippen molar-refractivity contribution in [3.8, 4) is 0 Å². The number of halogens is 2. The van der Waals surface area contributed by atoms with Crippen LogP contribution in [-0.2, 0) is 11.2 Å². The number of hydrogen-bond acceptors (Lipinski definition) is 2. The Morgan fingerprint density at radius 2 is 2.12 bits per heavy atom. The maximum atomic E-state index is 13.7. The Balaban J connectivity index is 1.35. The zero-order valence-corrected chi connectivity index (χ0v) is 15.2. The van der Waals surface area contributed by atoms with Gasteiger partial charge in [0.2, 0.25) is 0 Å². The molecule has 4 rings (SSSR count). The molecule has 3 fully saturated rings. The summed E-state index contributed by atoms with van der Waals surface area (Å²) in [5, 5.41) is 6.87. The second-order valence-electron chi connectivity index (χ2n) is 7.79. The van der Waals surface area contributed by atoms with Gasteiger partial charge in [0.1, 0.15) is 11.6 Å². The fourth-order valence-corrected chi connectivity index (χ4v) is 5.30. The first-order valence-electron chi connectivity index (χ1n) is 9.67. The van der Waals surface area contributed by atoms with Gasteiger partial charge in [0.15, 0.2) is 5.96 Å². The third-order valence-electron chi connectivity index (χ3n) is 6.50. The van der Waals surface area contributed by atoms with Crippen LogP contribution in [0.4, 0.5) is 8.78 Å². The molecule has 1 heterocycles. The first-order chi connectivity index (χ1) is 12.6. The standard InChI is InChI=1S/C20H27F2N3O/c1-23-19(24-10-6-13-12-14(21)4-5-16(13)22)25-17-15-7-11-26-18(15)20(17)8-2-3-9-20/h4-5,12,15,17-18H,2-3,6-11H2,1H3,(H2,23,24,25). The van der Waals surface area contributed by atoms with E-state index in [1.54, 1.807) is 7.05 Å². The molecule has 6 heteroatoms. The van der Waals surface area contributed by atoms with Crippen molar-refractivity contribution in [1.82, 2.24) is 10.6 Å². The third kappa shape index (κ3) is 2.98. The SMILES string of the molecule is CN=C(NCCc1cc(F)ccc1F)NC1C2CCOC2C12CCCC2. The lowest BCUT2D eigenvalue weighted by Gasteiger charge is -2.57. The van der Waals surface area contributed by atoms with Gasteiger partial charge in [0.05, 0.1) is 6.10 Å². The first-order valence-corrected chi connectivity index (χ1v) is 9.67. The molecule has 2 N–H and O–H groups in total. The van der Waals surface area contributed by atoms with Crippen molar-refractivity contribution in [3.63, 3.8) is 0 Å². The maximum Gasteiger partial charge on any atom is 0.191 e. The fourth-order valence-electron chi connectivity index (χ4n) is 5.30. The summed E-state index contributed by atoms with van der Waals surface area (Å²) in [6.45, 7) is 1.37. The summed E-state index contributed by atoms with van der Waals surface area (Å²) in [6.07, 6.45) is 6.91. The molecular formula is C20H27F2N3O. The van der Waals surface area contributed by atoms with Crippen LogP contribution in [0.3, 0.4) is 0 Å². The zero-order valence-electron chi connectivity index (χ0n) is 15.2. The molecule has 0 aromatic heterocycles. The van der Waals surface area contributed by atoms with Gasteiger partial charge in [-0.1, -0.05) is 12.8 Å². The molecule has 142 valence electrons. The van der Waals surface area contributed by atoms with E-state index in [9.17, 15) is 8.78 Å². The number of aliphatic imine (C=N–C) groups is 1. The maximum absolute atomic E-state index is 13.7. The first kappa shape index (κ1) is 17.7. The van der Waals surface area contributed by atoms with Gasteiger partial charge < -0.3 is 15.4 Å². The molecule has 1 aromatic carbocycles. The lowest BCUT2D eigenvalue weighted by atomic mass is 9.54. The molecule has 1 aliphatic heterocycles. The van der Waals surface area contributed by atoms with E-state index in [0.717, 1.165) is 25.1 Å². The van der Waals surface area contributed by atoms with Gasteiger partial charge in [-0.2, -0.15) is 0 Å². The van der Waals surface area contributed by atoms with Gasteiger partial charge in [-0.05, 0) is 49.4 Å². The molecule has 0 bridgehead atoms. The molecule has 2 saturated carbocycles. The van der Waals surface area contributed by atoms with Crippen LogP contribution in [-0.4, -0.2) is 38.3 Å². The van der Waals surface area contributed by atoms with Crippen LogP contribution in [0.2, 0.25) is 0 Å². The van der Waals surface area contributed by atoms with E-state index in [1.165, 1.54) is 37.8 Å². The van der Waals surface area contributed by atoms with Crippen LogP contribution in [0.1, 0.15) is 37.7 Å². The topological polar surface area (TPSA) is 45.7 Å². The average molecular weight is 363 g/mol. The Hall–Kier alpha value is -1.69. The van der Waals surface area contributed by atoms with Crippen molar-refractivity contribution in [2.45, 2.75) is 50.7 Å². The van der Waals surface area contributed by atoms with Crippen molar-refractivity contribution >= 4 is 5.96 Å². The predicted octanol–water partition coefficient (Wildman–Crippen LogP) is 3.02. The van der Waals surface area contributed by atoms with E-state index < -0.39 is 5.82 Å². The molecule has 1 aromatic rings. The summed E-state index contributed by atoms with van der Waals surface area (Å²) in [5.41, 5.74) is 0.640. The number of fused-ring (bicyclic) bond motifs is 2. The highest BCUT2D eigenvalue weighted by atomic mass is 19.1. The van der Waals surface area contributed by atoms with Crippen molar-refractivity contribution in [1.29, 1.82) is 0 Å². The minimum absolute atomic E-state index is 0.257. The Bertz CT molecular complexity index is 688. The van der Waals surface area contributed by atoms with Crippen LogP contribution in [0.25, 0.3) is 0 Å². The fraction of sp³-hybridized carbons (Fsp3) is 0.650. The number of hydrogen-bond donors (Lipinski definition) is 2. The van der Waals surface area contributed by atoms with Gasteiger partial charge in [-0.3, -0.25) is 4.99 Å². The minimum atomic E-state index is -0.408. The van der Waals surface area contributed by atoms with Gasteiger partial charge in [-0.15, -0.1) is 0 Å². The largest absolute Gasteiger partial charge is 0.377 e. The number of nitrogens with zero attached hydrogens (tertiary/aromatic N) is 1. The Labute approximate surface area is 153 Å². The van der Waals surface area contributed by atoms with E-state index in [0.29, 0.717) is 36.6 Å². The van der Waals surface area contributed by atoms with Crippen molar-refractivity contribution in [2.75, 3.05) is 20.2 Å². The molecule has 2 aliphatic carbocycles. The highest BCUT2D eigenvalue weighted by molar-refractivity contribution is 5.80. The zero-order chi connectivity index (χ0) is 18.1. The third-order valence-corrected chi connectivity index (χ3v) is 6.50. The van der Waals surface area contributed by atoms with Crippen molar-refractivity contribution in [3.05, 3.63) is 35.4 Å². The number of ether oxygens (including phenoxy) is 1. The normalized spacial score (nSPS) is 29.5. The van der Waals surface area contributed by atoms with Crippen molar-refractivity contribution < 1.29 is 13.5 Å². The van der Waals surface area contributed by atoms with Gasteiger partial charge in [0.25, 0.3) is 0 Å². The van der Waals surface area contributed by atoms with E-state index in [-0.39, 0.29) is 11.2 Å². The second-order valence-corrected chi connectivity index (χ2v) is 7.79. The number of nitrogens with one attached hydrogen (secondary N) is 2. The average Bonchev–Trinajstić information content (AvgIpc) is 3.29. The monoisotopic (exact) mass is 363 g/mol. The quantitative estimate of drug-likeness (QED) is 0.639. The highest BCUT2D eigenvalue weighted by Crippen LogP contribution is 2.60. The molecule has 26 heavy (non-hydrogen) atoms. The summed E-state index contributed by atoms with van der Waals surface area (Å²) in [4.78, 5) is 4.34. The second kappa shape index (κ2) is 7.14. The molecule has 0 radical (unpaired) electrons. The molecular weight excluding hydrogens is 336 g/mol. The van der Waals surface area contributed by atoms with E-state index in [2.05, 4.69) is 15.6 Å². The molecule has 0 amide bonds. The number of benzene rings is 1. The number of rotatable bonds is 4. The van der Waals surface area contributed by atoms with Crippen LogP contribution in [0, 0.1) is 23.0 Å². The molecule has 3 unspecified atom stereocenters. The molecule has 1 saturated heterocycles. The van der Waals surface area contributed by atoms with Crippen LogP contribution in [0.15, 0.2) is 23.2 Å². The smallest absolute Gasteiger partial charge is 0.191 e. The van der Waals surface area contributed by atoms with E-state index in [1.807, 2.05) is 0 Å². The van der Waals surface area contributed by atoms with Gasteiger partial charge >= 0.3 is 0 Å². The van der Waals surface area contributed by atoms with Crippen molar-refractivity contribution in [2.24, 2.45) is 16.3 Å². The van der Waals surface area contributed by atoms with E-state index in [4.69, 9.17) is 4.74 Å². The summed E-state index contributed by atoms with van der Waals surface area (Å²) in [5.74, 6) is 0.524. The van der Waals surface area contributed by atoms with Gasteiger partial charge in [-0.25, -0.2) is 8.78 Å². The molecule has 3 aliphatic rings. The lowest BCUT2D eigenvalue weighted by Crippen LogP contribution is -2.69. The summed E-state index contributed by atoms with van der Waals surface area (Å²) >= 11 is 0. The van der Waals surface area contributed by atoms with E-state index >= 15 is 0 Å². The molecule has 3 atom stereocenters. The van der Waals surface area contributed by atoms with Crippen LogP contribution in [0.5, 0.6) is 0 Å². The summed E-state index contributed by atoms with van der Waals surface area (Å²) < 4.78 is 33.0. The molecule has 1 spiro atoms. The Morgan fingerprint density at radius 3 is 2.88 bits per heavy atom. The predicted molar refractivity (Wildman–Crippen MR) is 97.1 cm³/mol. The summed E-state index contributed by atoms with van der Waals surface area (Å²) in [6, 6.07) is 3.97. The van der Waals surface area contributed by atoms with Crippen LogP contribution < -0.4 is 10.6 Å². The summed E-state index contributed by atoms with van der Waals surface area (Å²) in [7, 11) is 1.75.